The van der Waals surface area contributed by atoms with Crippen molar-refractivity contribution in [2.45, 2.75) is 38.1 Å². The Bertz CT molecular complexity index is 451. The Balaban J connectivity index is 1.58. The SMILES string of the molecule is O=C(OCc1ccccc1)N1CCCC[C@H]2[C@H](F)[C@H]21. The van der Waals surface area contributed by atoms with Gasteiger partial charge in [-0.25, -0.2) is 9.18 Å². The number of carbonyl (C=O) groups is 1. The van der Waals surface area contributed by atoms with Gasteiger partial charge in [0.25, 0.3) is 0 Å². The lowest BCUT2D eigenvalue weighted by atomic mass is 10.2. The third kappa shape index (κ3) is 2.57. The van der Waals surface area contributed by atoms with E-state index in [1.165, 1.54) is 0 Å². The number of carbonyl (C=O) groups excluding carboxylic acids is 1. The molecule has 1 saturated heterocycles. The second-order valence-electron chi connectivity index (χ2n) is 5.33. The lowest BCUT2D eigenvalue weighted by Crippen LogP contribution is -2.35. The first-order chi connectivity index (χ1) is 9.27. The number of hydrogen-bond donors (Lipinski definition) is 0. The molecule has 1 amide bonds. The van der Waals surface area contributed by atoms with Gasteiger partial charge in [0.2, 0.25) is 0 Å². The number of halogens is 1. The molecule has 0 bridgehead atoms. The standard InChI is InChI=1S/C15H18FNO2/c16-13-12-8-4-5-9-17(14(12)13)15(18)19-10-11-6-2-1-3-7-11/h1-3,6-7,12-14H,4-5,8-10H2/t12-,13-,14-/m0/s1. The summed E-state index contributed by atoms with van der Waals surface area (Å²) in [6, 6.07) is 9.32. The minimum absolute atomic E-state index is 0.0479. The third-order valence-electron chi connectivity index (χ3n) is 4.02. The highest BCUT2D eigenvalue weighted by molar-refractivity contribution is 5.69. The number of likely N-dealkylation sites (tertiary alicyclic amines) is 1. The Morgan fingerprint density at radius 3 is 2.89 bits per heavy atom. The van der Waals surface area contributed by atoms with E-state index < -0.39 is 6.17 Å². The van der Waals surface area contributed by atoms with Crippen molar-refractivity contribution in [1.82, 2.24) is 4.90 Å². The van der Waals surface area contributed by atoms with Crippen LogP contribution in [0.25, 0.3) is 0 Å². The topological polar surface area (TPSA) is 29.5 Å². The molecule has 0 unspecified atom stereocenters. The second-order valence-corrected chi connectivity index (χ2v) is 5.33. The molecule has 1 heterocycles. The summed E-state index contributed by atoms with van der Waals surface area (Å²) in [5.74, 6) is 0.0479. The maximum atomic E-state index is 13.6. The van der Waals surface area contributed by atoms with Crippen molar-refractivity contribution >= 4 is 6.09 Å². The van der Waals surface area contributed by atoms with E-state index in [4.69, 9.17) is 4.74 Å². The molecule has 3 rings (SSSR count). The molecule has 3 atom stereocenters. The monoisotopic (exact) mass is 263 g/mol. The Morgan fingerprint density at radius 1 is 1.32 bits per heavy atom. The largest absolute Gasteiger partial charge is 0.445 e. The van der Waals surface area contributed by atoms with Gasteiger partial charge in [0, 0.05) is 12.5 Å². The molecular weight excluding hydrogens is 245 g/mol. The summed E-state index contributed by atoms with van der Waals surface area (Å²) in [4.78, 5) is 13.6. The normalized spacial score (nSPS) is 29.3. The number of rotatable bonds is 2. The van der Waals surface area contributed by atoms with Gasteiger partial charge in [0.05, 0.1) is 6.04 Å². The highest BCUT2D eigenvalue weighted by Crippen LogP contribution is 2.45. The number of amides is 1. The average Bonchev–Trinajstić information content (AvgIpc) is 3.13. The van der Waals surface area contributed by atoms with Gasteiger partial charge in [-0.1, -0.05) is 36.8 Å². The molecule has 19 heavy (non-hydrogen) atoms. The van der Waals surface area contributed by atoms with E-state index >= 15 is 0 Å². The van der Waals surface area contributed by atoms with Crippen molar-refractivity contribution in [2.24, 2.45) is 5.92 Å². The van der Waals surface area contributed by atoms with Crippen LogP contribution >= 0.6 is 0 Å². The van der Waals surface area contributed by atoms with E-state index in [1.807, 2.05) is 30.3 Å². The molecule has 0 aromatic heterocycles. The number of nitrogens with zero attached hydrogens (tertiary/aromatic N) is 1. The third-order valence-corrected chi connectivity index (χ3v) is 4.02. The van der Waals surface area contributed by atoms with Crippen LogP contribution in [-0.2, 0) is 11.3 Å². The number of alkyl halides is 1. The zero-order valence-electron chi connectivity index (χ0n) is 10.8. The molecule has 1 aliphatic heterocycles. The van der Waals surface area contributed by atoms with Crippen LogP contribution in [-0.4, -0.2) is 29.8 Å². The first-order valence-electron chi connectivity index (χ1n) is 6.89. The van der Waals surface area contributed by atoms with Gasteiger partial charge in [-0.2, -0.15) is 0 Å². The summed E-state index contributed by atoms with van der Waals surface area (Å²) in [6.45, 7) is 0.875. The summed E-state index contributed by atoms with van der Waals surface area (Å²) in [5.41, 5.74) is 0.954. The van der Waals surface area contributed by atoms with Gasteiger partial charge in [-0.3, -0.25) is 0 Å². The van der Waals surface area contributed by atoms with Crippen molar-refractivity contribution in [1.29, 1.82) is 0 Å². The Hall–Kier alpha value is -1.58. The predicted octanol–water partition coefficient (Wildman–Crippen LogP) is 3.15. The fraction of sp³-hybridized carbons (Fsp3) is 0.533. The van der Waals surface area contributed by atoms with Gasteiger partial charge >= 0.3 is 6.09 Å². The average molecular weight is 263 g/mol. The maximum absolute atomic E-state index is 13.6. The van der Waals surface area contributed by atoms with E-state index in [9.17, 15) is 9.18 Å². The molecule has 0 radical (unpaired) electrons. The first kappa shape index (κ1) is 12.5. The predicted molar refractivity (Wildman–Crippen MR) is 69.4 cm³/mol. The molecule has 2 aliphatic rings. The fourth-order valence-corrected chi connectivity index (χ4v) is 2.87. The van der Waals surface area contributed by atoms with Crippen molar-refractivity contribution < 1.29 is 13.9 Å². The smallest absolute Gasteiger partial charge is 0.410 e. The summed E-state index contributed by atoms with van der Waals surface area (Å²) in [6.07, 6.45) is 1.63. The molecule has 1 saturated carbocycles. The first-order valence-corrected chi connectivity index (χ1v) is 6.89. The number of benzene rings is 1. The molecule has 1 aromatic carbocycles. The van der Waals surface area contributed by atoms with Crippen LogP contribution in [0.4, 0.5) is 9.18 Å². The molecular formula is C15H18FNO2. The van der Waals surface area contributed by atoms with Crippen LogP contribution < -0.4 is 0 Å². The lowest BCUT2D eigenvalue weighted by molar-refractivity contribution is 0.0903. The zero-order chi connectivity index (χ0) is 13.2. The van der Waals surface area contributed by atoms with Crippen molar-refractivity contribution in [3.63, 3.8) is 0 Å². The summed E-state index contributed by atoms with van der Waals surface area (Å²) in [7, 11) is 0. The molecule has 4 heteroatoms. The minimum Gasteiger partial charge on any atom is -0.445 e. The van der Waals surface area contributed by atoms with E-state index in [2.05, 4.69) is 0 Å². The van der Waals surface area contributed by atoms with E-state index in [0.29, 0.717) is 6.54 Å². The highest BCUT2D eigenvalue weighted by atomic mass is 19.1. The molecule has 102 valence electrons. The van der Waals surface area contributed by atoms with Gasteiger partial charge < -0.3 is 9.64 Å². The second kappa shape index (κ2) is 5.19. The molecule has 1 aromatic rings. The highest BCUT2D eigenvalue weighted by Gasteiger charge is 2.56. The summed E-state index contributed by atoms with van der Waals surface area (Å²) < 4.78 is 18.9. The Morgan fingerprint density at radius 2 is 2.11 bits per heavy atom. The Kier molecular flexibility index (Phi) is 3.40. The van der Waals surface area contributed by atoms with E-state index in [1.54, 1.807) is 4.90 Å². The van der Waals surface area contributed by atoms with Gasteiger partial charge in [0.15, 0.2) is 0 Å². The van der Waals surface area contributed by atoms with E-state index in [-0.39, 0.29) is 24.7 Å². The van der Waals surface area contributed by atoms with Gasteiger partial charge in [0.1, 0.15) is 12.8 Å². The number of fused-ring (bicyclic) bond motifs is 1. The Labute approximate surface area is 112 Å². The summed E-state index contributed by atoms with van der Waals surface area (Å²) >= 11 is 0. The molecule has 1 aliphatic carbocycles. The molecule has 0 N–H and O–H groups in total. The molecule has 0 spiro atoms. The zero-order valence-corrected chi connectivity index (χ0v) is 10.8. The van der Waals surface area contributed by atoms with Crippen LogP contribution in [0, 0.1) is 5.92 Å². The van der Waals surface area contributed by atoms with Crippen molar-refractivity contribution in [3.8, 4) is 0 Å². The van der Waals surface area contributed by atoms with Crippen LogP contribution in [0.2, 0.25) is 0 Å². The van der Waals surface area contributed by atoms with Gasteiger partial charge in [-0.05, 0) is 18.4 Å². The van der Waals surface area contributed by atoms with E-state index in [0.717, 1.165) is 24.8 Å². The lowest BCUT2D eigenvalue weighted by Gasteiger charge is -2.20. The summed E-state index contributed by atoms with van der Waals surface area (Å²) in [5, 5.41) is 0. The van der Waals surface area contributed by atoms with Crippen LogP contribution in [0.15, 0.2) is 30.3 Å². The number of ether oxygens (including phenoxy) is 1. The van der Waals surface area contributed by atoms with Gasteiger partial charge in [-0.15, -0.1) is 0 Å². The van der Waals surface area contributed by atoms with Crippen LogP contribution in [0.5, 0.6) is 0 Å². The van der Waals surface area contributed by atoms with Crippen LogP contribution in [0.1, 0.15) is 24.8 Å². The molecule has 2 fully saturated rings. The fourth-order valence-electron chi connectivity index (χ4n) is 2.87. The minimum atomic E-state index is -0.843. The van der Waals surface area contributed by atoms with Crippen molar-refractivity contribution in [3.05, 3.63) is 35.9 Å². The van der Waals surface area contributed by atoms with Crippen LogP contribution in [0.3, 0.4) is 0 Å². The maximum Gasteiger partial charge on any atom is 0.410 e. The number of hydrogen-bond acceptors (Lipinski definition) is 2. The molecule has 3 nitrogen and oxygen atoms in total. The quantitative estimate of drug-likeness (QED) is 0.820. The van der Waals surface area contributed by atoms with Crippen molar-refractivity contribution in [2.75, 3.05) is 6.54 Å².